The molecule has 0 fully saturated rings. The van der Waals surface area contributed by atoms with Gasteiger partial charge in [0.15, 0.2) is 5.41 Å². The first-order valence-corrected chi connectivity index (χ1v) is 3.60. The maximum absolute atomic E-state index is 11.2. The second-order valence-corrected chi connectivity index (χ2v) is 2.77. The molecular formula is C9H12O4. The van der Waals surface area contributed by atoms with Gasteiger partial charge >= 0.3 is 11.9 Å². The van der Waals surface area contributed by atoms with Crippen LogP contribution in [0.3, 0.4) is 0 Å². The number of rotatable bonds is 4. The summed E-state index contributed by atoms with van der Waals surface area (Å²) >= 11 is 0. The van der Waals surface area contributed by atoms with Crippen LogP contribution in [0.4, 0.5) is 0 Å². The minimum Gasteiger partial charge on any atom is -0.434 e. The summed E-state index contributed by atoms with van der Waals surface area (Å²) in [6.45, 7) is 9.20. The number of carbonyl (C=O) groups excluding carboxylic acids is 2. The number of esters is 2. The van der Waals surface area contributed by atoms with Gasteiger partial charge in [-0.15, -0.1) is 0 Å². The van der Waals surface area contributed by atoms with Crippen LogP contribution in [0, 0.1) is 5.41 Å². The van der Waals surface area contributed by atoms with E-state index in [0.29, 0.717) is 0 Å². The van der Waals surface area contributed by atoms with Crippen LogP contribution >= 0.6 is 0 Å². The van der Waals surface area contributed by atoms with E-state index in [2.05, 4.69) is 22.6 Å². The normalized spacial score (nSPS) is 10.0. The van der Waals surface area contributed by atoms with E-state index >= 15 is 0 Å². The molecule has 0 saturated heterocycles. The highest BCUT2D eigenvalue weighted by Gasteiger charge is 2.39. The van der Waals surface area contributed by atoms with E-state index in [1.165, 1.54) is 13.8 Å². The highest BCUT2D eigenvalue weighted by Crippen LogP contribution is 2.19. The molecule has 0 atom stereocenters. The topological polar surface area (TPSA) is 52.6 Å². The second kappa shape index (κ2) is 4.45. The predicted molar refractivity (Wildman–Crippen MR) is 46.4 cm³/mol. The summed E-state index contributed by atoms with van der Waals surface area (Å²) in [6, 6.07) is 0. The lowest BCUT2D eigenvalue weighted by Crippen LogP contribution is -2.34. The van der Waals surface area contributed by atoms with Crippen LogP contribution in [0.5, 0.6) is 0 Å². The Balaban J connectivity index is 4.53. The van der Waals surface area contributed by atoms with Gasteiger partial charge in [0.05, 0.1) is 12.5 Å². The molecule has 0 radical (unpaired) electrons. The maximum Gasteiger partial charge on any atom is 0.327 e. The second-order valence-electron chi connectivity index (χ2n) is 2.77. The van der Waals surface area contributed by atoms with Gasteiger partial charge in [0.2, 0.25) is 0 Å². The molecule has 0 aromatic rings. The molecule has 0 N–H and O–H groups in total. The van der Waals surface area contributed by atoms with Crippen molar-refractivity contribution in [2.24, 2.45) is 5.41 Å². The number of hydrogen-bond acceptors (Lipinski definition) is 4. The van der Waals surface area contributed by atoms with Crippen molar-refractivity contribution < 1.29 is 19.1 Å². The first-order chi connectivity index (χ1) is 5.96. The minimum atomic E-state index is -1.34. The van der Waals surface area contributed by atoms with Gasteiger partial charge < -0.3 is 9.47 Å². The van der Waals surface area contributed by atoms with Crippen molar-refractivity contribution in [1.29, 1.82) is 0 Å². The van der Waals surface area contributed by atoms with Crippen LogP contribution in [0.15, 0.2) is 25.7 Å². The summed E-state index contributed by atoms with van der Waals surface area (Å²) < 4.78 is 8.93. The summed E-state index contributed by atoms with van der Waals surface area (Å²) in [6.07, 6.45) is 1.93. The predicted octanol–water partition coefficient (Wildman–Crippen LogP) is 1.39. The fourth-order valence-electron chi connectivity index (χ4n) is 0.529. The molecule has 0 unspecified atom stereocenters. The zero-order valence-electron chi connectivity index (χ0n) is 7.70. The third-order valence-electron chi connectivity index (χ3n) is 1.40. The molecule has 0 aliphatic heterocycles. The summed E-state index contributed by atoms with van der Waals surface area (Å²) in [5, 5.41) is 0. The summed E-state index contributed by atoms with van der Waals surface area (Å²) in [5.74, 6) is -1.43. The first kappa shape index (κ1) is 11.4. The molecule has 0 rings (SSSR count). The van der Waals surface area contributed by atoms with Gasteiger partial charge in [-0.1, -0.05) is 13.2 Å². The van der Waals surface area contributed by atoms with Crippen LogP contribution in [0.25, 0.3) is 0 Å². The number of carbonyl (C=O) groups is 2. The minimum absolute atomic E-state index is 0.714. The van der Waals surface area contributed by atoms with Crippen molar-refractivity contribution in [1.82, 2.24) is 0 Å². The molecule has 4 heteroatoms. The SMILES string of the molecule is C=COC(=O)C(C)(C)C(=O)OC=C. The molecule has 0 aliphatic carbocycles. The molecule has 0 bridgehead atoms. The largest absolute Gasteiger partial charge is 0.434 e. The van der Waals surface area contributed by atoms with Crippen molar-refractivity contribution in [3.8, 4) is 0 Å². The number of hydrogen-bond donors (Lipinski definition) is 0. The van der Waals surface area contributed by atoms with E-state index < -0.39 is 17.4 Å². The average Bonchev–Trinajstić information content (AvgIpc) is 2.05. The molecule has 0 aliphatic rings. The van der Waals surface area contributed by atoms with Gasteiger partial charge in [-0.3, -0.25) is 9.59 Å². The Bertz CT molecular complexity index is 216. The molecule has 0 spiro atoms. The quantitative estimate of drug-likeness (QED) is 0.376. The zero-order chi connectivity index (χ0) is 10.5. The molecule has 72 valence electrons. The lowest BCUT2D eigenvalue weighted by molar-refractivity contribution is -0.162. The smallest absolute Gasteiger partial charge is 0.327 e. The maximum atomic E-state index is 11.2. The number of ether oxygens (including phenoxy) is 2. The molecule has 4 nitrogen and oxygen atoms in total. The molecule has 13 heavy (non-hydrogen) atoms. The molecule has 0 heterocycles. The molecule has 0 aromatic heterocycles. The zero-order valence-corrected chi connectivity index (χ0v) is 7.70. The van der Waals surface area contributed by atoms with Gasteiger partial charge in [-0.05, 0) is 13.8 Å². The lowest BCUT2D eigenvalue weighted by Gasteiger charge is -2.17. The van der Waals surface area contributed by atoms with E-state index in [-0.39, 0.29) is 0 Å². The fraction of sp³-hybridized carbons (Fsp3) is 0.333. The van der Waals surface area contributed by atoms with E-state index in [9.17, 15) is 9.59 Å². The Labute approximate surface area is 76.8 Å². The summed E-state index contributed by atoms with van der Waals surface area (Å²) in [5.41, 5.74) is -1.34. The Morgan fingerprint density at radius 1 is 1.08 bits per heavy atom. The molecular weight excluding hydrogens is 172 g/mol. The lowest BCUT2D eigenvalue weighted by atomic mass is 9.94. The van der Waals surface area contributed by atoms with Crippen molar-refractivity contribution in [3.63, 3.8) is 0 Å². The Kier molecular flexibility index (Phi) is 3.91. The van der Waals surface area contributed by atoms with E-state index in [0.717, 1.165) is 12.5 Å². The van der Waals surface area contributed by atoms with Crippen molar-refractivity contribution in [3.05, 3.63) is 25.7 Å². The third kappa shape index (κ3) is 2.74. The van der Waals surface area contributed by atoms with Crippen molar-refractivity contribution in [2.45, 2.75) is 13.8 Å². The van der Waals surface area contributed by atoms with Crippen LogP contribution < -0.4 is 0 Å². The summed E-state index contributed by atoms with van der Waals surface area (Å²) in [7, 11) is 0. The van der Waals surface area contributed by atoms with E-state index in [4.69, 9.17) is 0 Å². The molecule has 0 saturated carbocycles. The molecule has 0 aromatic carbocycles. The van der Waals surface area contributed by atoms with E-state index in [1.54, 1.807) is 0 Å². The highest BCUT2D eigenvalue weighted by atomic mass is 16.5. The summed E-state index contributed by atoms with van der Waals surface area (Å²) in [4.78, 5) is 22.3. The third-order valence-corrected chi connectivity index (χ3v) is 1.40. The Morgan fingerprint density at radius 2 is 1.38 bits per heavy atom. The standard InChI is InChI=1S/C9H12O4/c1-5-12-7(10)9(3,4)8(11)13-6-2/h5-6H,1-2H2,3-4H3. The molecule has 0 amide bonds. The average molecular weight is 184 g/mol. The first-order valence-electron chi connectivity index (χ1n) is 3.60. The van der Waals surface area contributed by atoms with Gasteiger partial charge in [0.25, 0.3) is 0 Å². The van der Waals surface area contributed by atoms with Crippen molar-refractivity contribution >= 4 is 11.9 Å². The van der Waals surface area contributed by atoms with Crippen LogP contribution in [0.2, 0.25) is 0 Å². The van der Waals surface area contributed by atoms with Gasteiger partial charge in [0, 0.05) is 0 Å². The van der Waals surface area contributed by atoms with Gasteiger partial charge in [0.1, 0.15) is 0 Å². The van der Waals surface area contributed by atoms with Crippen LogP contribution in [-0.4, -0.2) is 11.9 Å². The van der Waals surface area contributed by atoms with Crippen LogP contribution in [-0.2, 0) is 19.1 Å². The Hall–Kier alpha value is -1.58. The van der Waals surface area contributed by atoms with Gasteiger partial charge in [-0.25, -0.2) is 0 Å². The van der Waals surface area contributed by atoms with E-state index in [1.807, 2.05) is 0 Å². The van der Waals surface area contributed by atoms with Crippen LogP contribution in [0.1, 0.15) is 13.8 Å². The Morgan fingerprint density at radius 3 is 1.62 bits per heavy atom. The highest BCUT2D eigenvalue weighted by molar-refractivity contribution is 5.99. The van der Waals surface area contributed by atoms with Crippen molar-refractivity contribution in [2.75, 3.05) is 0 Å². The van der Waals surface area contributed by atoms with Gasteiger partial charge in [-0.2, -0.15) is 0 Å². The fourth-order valence-corrected chi connectivity index (χ4v) is 0.529. The monoisotopic (exact) mass is 184 g/mol.